The molecule has 2 fully saturated rings. The summed E-state index contributed by atoms with van der Waals surface area (Å²) in [5.41, 5.74) is 1.55. The molecule has 3 heterocycles. The van der Waals surface area contributed by atoms with Gasteiger partial charge in [-0.05, 0) is 43.7 Å². The lowest BCUT2D eigenvalue weighted by Crippen LogP contribution is -2.38. The zero-order valence-electron chi connectivity index (χ0n) is 20.4. The average Bonchev–Trinajstić information content (AvgIpc) is 2.90. The molecular weight excluding hydrogens is 462 g/mol. The molecular formula is C26H35N5O3S. The van der Waals surface area contributed by atoms with Crippen molar-refractivity contribution in [2.75, 3.05) is 30.9 Å². The fraction of sp³-hybridized carbons (Fsp3) is 0.577. The van der Waals surface area contributed by atoms with Gasteiger partial charge in [0.15, 0.2) is 0 Å². The average molecular weight is 498 g/mol. The third kappa shape index (κ3) is 7.40. The Labute approximate surface area is 211 Å². The Morgan fingerprint density at radius 1 is 1.14 bits per heavy atom. The summed E-state index contributed by atoms with van der Waals surface area (Å²) < 4.78 is 4.87. The SMILES string of the molecule is COC(=O)CC1CCCN(c2ccc(C(=O)NC3CCCCC3)c(SCCc3cnccn3)n2)C1. The molecule has 1 amide bonds. The van der Waals surface area contributed by atoms with Crippen LogP contribution in [0.1, 0.15) is 67.4 Å². The predicted molar refractivity (Wildman–Crippen MR) is 137 cm³/mol. The topological polar surface area (TPSA) is 97.3 Å². The molecule has 1 unspecified atom stereocenters. The number of amides is 1. The number of carbonyl (C=O) groups excluding carboxylic acids is 2. The van der Waals surface area contributed by atoms with E-state index < -0.39 is 0 Å². The van der Waals surface area contributed by atoms with Gasteiger partial charge in [0.05, 0.1) is 18.4 Å². The quantitative estimate of drug-likeness (QED) is 0.409. The first-order valence-electron chi connectivity index (χ1n) is 12.6. The number of piperidine rings is 1. The molecule has 0 bridgehead atoms. The van der Waals surface area contributed by atoms with E-state index in [2.05, 4.69) is 20.2 Å². The van der Waals surface area contributed by atoms with Crippen molar-refractivity contribution in [3.63, 3.8) is 0 Å². The molecule has 2 aromatic heterocycles. The summed E-state index contributed by atoms with van der Waals surface area (Å²) in [6, 6.07) is 4.10. The number of esters is 1. The number of nitrogens with zero attached hydrogens (tertiary/aromatic N) is 4. The Morgan fingerprint density at radius 2 is 2.00 bits per heavy atom. The van der Waals surface area contributed by atoms with Gasteiger partial charge in [0.1, 0.15) is 10.8 Å². The predicted octanol–water partition coefficient (Wildman–Crippen LogP) is 4.05. The number of carbonyl (C=O) groups is 2. The highest BCUT2D eigenvalue weighted by molar-refractivity contribution is 7.99. The molecule has 9 heteroatoms. The van der Waals surface area contributed by atoms with Crippen LogP contribution in [0.25, 0.3) is 0 Å². The molecule has 1 N–H and O–H groups in total. The summed E-state index contributed by atoms with van der Waals surface area (Å²) in [5, 5.41) is 3.98. The van der Waals surface area contributed by atoms with Crippen LogP contribution in [0.4, 0.5) is 5.82 Å². The van der Waals surface area contributed by atoms with E-state index in [9.17, 15) is 9.59 Å². The first-order valence-corrected chi connectivity index (χ1v) is 13.6. The molecule has 1 aliphatic carbocycles. The van der Waals surface area contributed by atoms with Gasteiger partial charge in [-0.2, -0.15) is 0 Å². The lowest BCUT2D eigenvalue weighted by molar-refractivity contribution is -0.141. The zero-order chi connectivity index (χ0) is 24.5. The number of methoxy groups -OCH3 is 1. The third-order valence-electron chi connectivity index (χ3n) is 6.77. The van der Waals surface area contributed by atoms with Crippen molar-refractivity contribution in [1.29, 1.82) is 0 Å². The largest absolute Gasteiger partial charge is 0.469 e. The van der Waals surface area contributed by atoms with Gasteiger partial charge in [0, 0.05) is 56.3 Å². The summed E-state index contributed by atoms with van der Waals surface area (Å²) in [5.74, 6) is 1.65. The van der Waals surface area contributed by atoms with Crippen molar-refractivity contribution in [1.82, 2.24) is 20.3 Å². The Bertz CT molecular complexity index is 984. The molecule has 188 valence electrons. The van der Waals surface area contributed by atoms with E-state index in [4.69, 9.17) is 9.72 Å². The van der Waals surface area contributed by atoms with Crippen molar-refractivity contribution in [3.05, 3.63) is 42.0 Å². The van der Waals surface area contributed by atoms with Gasteiger partial charge >= 0.3 is 5.97 Å². The molecule has 0 aromatic carbocycles. The Hall–Kier alpha value is -2.68. The summed E-state index contributed by atoms with van der Waals surface area (Å²) >= 11 is 1.58. The van der Waals surface area contributed by atoms with Crippen LogP contribution >= 0.6 is 11.8 Å². The number of aryl methyl sites for hydroxylation is 1. The van der Waals surface area contributed by atoms with Gasteiger partial charge in [-0.3, -0.25) is 19.6 Å². The van der Waals surface area contributed by atoms with Crippen LogP contribution in [0.15, 0.2) is 35.7 Å². The number of anilines is 1. The van der Waals surface area contributed by atoms with Crippen LogP contribution in [-0.4, -0.2) is 58.8 Å². The Balaban J connectivity index is 1.49. The van der Waals surface area contributed by atoms with Gasteiger partial charge in [-0.25, -0.2) is 4.98 Å². The molecule has 35 heavy (non-hydrogen) atoms. The molecule has 0 radical (unpaired) electrons. The number of pyridine rings is 1. The lowest BCUT2D eigenvalue weighted by atomic mass is 9.95. The molecule has 1 saturated heterocycles. The normalized spacial score (nSPS) is 18.8. The molecule has 2 aliphatic rings. The summed E-state index contributed by atoms with van der Waals surface area (Å²) in [6.07, 6.45) is 14.0. The second kappa shape index (κ2) is 12.9. The second-order valence-electron chi connectivity index (χ2n) is 9.36. The molecule has 1 atom stereocenters. The van der Waals surface area contributed by atoms with Crippen LogP contribution < -0.4 is 10.2 Å². The molecule has 2 aromatic rings. The highest BCUT2D eigenvalue weighted by Gasteiger charge is 2.25. The molecule has 0 spiro atoms. The minimum atomic E-state index is -0.167. The van der Waals surface area contributed by atoms with E-state index in [1.54, 1.807) is 30.4 Å². The number of rotatable bonds is 9. The fourth-order valence-corrected chi connectivity index (χ4v) is 5.85. The van der Waals surface area contributed by atoms with E-state index in [0.717, 1.165) is 67.5 Å². The van der Waals surface area contributed by atoms with Gasteiger partial charge in [0.2, 0.25) is 0 Å². The number of ether oxygens (including phenoxy) is 1. The van der Waals surface area contributed by atoms with E-state index in [1.807, 2.05) is 12.1 Å². The first kappa shape index (κ1) is 25.4. The summed E-state index contributed by atoms with van der Waals surface area (Å²) in [6.45, 7) is 1.65. The summed E-state index contributed by atoms with van der Waals surface area (Å²) in [4.78, 5) is 40.7. The van der Waals surface area contributed by atoms with E-state index in [0.29, 0.717) is 12.0 Å². The van der Waals surface area contributed by atoms with Gasteiger partial charge in [-0.15, -0.1) is 11.8 Å². The van der Waals surface area contributed by atoms with Crippen molar-refractivity contribution >= 4 is 29.5 Å². The Morgan fingerprint density at radius 3 is 2.77 bits per heavy atom. The van der Waals surface area contributed by atoms with Gasteiger partial charge in [0.25, 0.3) is 5.91 Å². The number of thioether (sulfide) groups is 1. The number of nitrogens with one attached hydrogen (secondary N) is 1. The van der Waals surface area contributed by atoms with E-state index in [-0.39, 0.29) is 23.8 Å². The fourth-order valence-electron chi connectivity index (χ4n) is 4.87. The highest BCUT2D eigenvalue weighted by atomic mass is 32.2. The lowest BCUT2D eigenvalue weighted by Gasteiger charge is -2.33. The van der Waals surface area contributed by atoms with Crippen LogP contribution in [0, 0.1) is 5.92 Å². The minimum Gasteiger partial charge on any atom is -0.469 e. The van der Waals surface area contributed by atoms with Crippen LogP contribution in [0.3, 0.4) is 0 Å². The Kier molecular flexibility index (Phi) is 9.34. The van der Waals surface area contributed by atoms with Gasteiger partial charge < -0.3 is 15.0 Å². The molecule has 4 rings (SSSR count). The van der Waals surface area contributed by atoms with Crippen LogP contribution in [0.5, 0.6) is 0 Å². The first-order chi connectivity index (χ1) is 17.1. The van der Waals surface area contributed by atoms with Gasteiger partial charge in [-0.1, -0.05) is 19.3 Å². The number of aromatic nitrogens is 3. The third-order valence-corrected chi connectivity index (χ3v) is 7.76. The highest BCUT2D eigenvalue weighted by Crippen LogP contribution is 2.29. The number of hydrogen-bond acceptors (Lipinski definition) is 8. The summed E-state index contributed by atoms with van der Waals surface area (Å²) in [7, 11) is 1.44. The molecule has 1 saturated carbocycles. The standard InChI is InChI=1S/C26H35N5O3S/c1-34-24(32)16-19-6-5-14-31(18-19)23-10-9-22(25(33)29-20-7-3-2-4-8-20)26(30-23)35-15-11-21-17-27-12-13-28-21/h9-10,12-13,17,19-20H,2-8,11,14-16,18H2,1H3,(H,29,33). The monoisotopic (exact) mass is 497 g/mol. The molecule has 1 aliphatic heterocycles. The van der Waals surface area contributed by atoms with Crippen LogP contribution in [-0.2, 0) is 16.0 Å². The van der Waals surface area contributed by atoms with Crippen LogP contribution in [0.2, 0.25) is 0 Å². The number of hydrogen-bond donors (Lipinski definition) is 1. The van der Waals surface area contributed by atoms with Crippen molar-refractivity contribution in [3.8, 4) is 0 Å². The van der Waals surface area contributed by atoms with Crippen molar-refractivity contribution in [2.45, 2.75) is 68.9 Å². The van der Waals surface area contributed by atoms with E-state index >= 15 is 0 Å². The van der Waals surface area contributed by atoms with Crippen molar-refractivity contribution < 1.29 is 14.3 Å². The maximum absolute atomic E-state index is 13.2. The van der Waals surface area contributed by atoms with Crippen molar-refractivity contribution in [2.24, 2.45) is 5.92 Å². The maximum atomic E-state index is 13.2. The molecule has 8 nitrogen and oxygen atoms in total. The smallest absolute Gasteiger partial charge is 0.305 e. The maximum Gasteiger partial charge on any atom is 0.305 e. The zero-order valence-corrected chi connectivity index (χ0v) is 21.3. The second-order valence-corrected chi connectivity index (χ2v) is 10.4. The van der Waals surface area contributed by atoms with E-state index in [1.165, 1.54) is 26.4 Å². The minimum absolute atomic E-state index is 0.0415.